The first kappa shape index (κ1) is 11.8. The Bertz CT molecular complexity index is 504. The lowest BCUT2D eigenvalue weighted by Crippen LogP contribution is -2.46. The number of urea groups is 1. The normalized spacial score (nSPS) is 22.4. The van der Waals surface area contributed by atoms with E-state index >= 15 is 0 Å². The summed E-state index contributed by atoms with van der Waals surface area (Å²) in [6, 6.07) is 20.2. The second-order valence-electron chi connectivity index (χ2n) is 4.78. The fourth-order valence-corrected chi connectivity index (χ4v) is 2.52. The summed E-state index contributed by atoms with van der Waals surface area (Å²) in [5.41, 5.74) is 2.30. The molecule has 0 radical (unpaired) electrons. The first-order valence-corrected chi connectivity index (χ1v) is 6.50. The van der Waals surface area contributed by atoms with Crippen LogP contribution in [-0.2, 0) is 0 Å². The largest absolute Gasteiger partial charge is 0.331 e. The standard InChI is InChI=1S/C16H16N2O/c19-16-17-14(12-7-3-1-4-8-12)11-15(18-16)13-9-5-2-6-10-13/h1-10,14-15H,11H2,(H2,17,18,19). The van der Waals surface area contributed by atoms with Crippen LogP contribution in [0.5, 0.6) is 0 Å². The van der Waals surface area contributed by atoms with Crippen molar-refractivity contribution in [3.63, 3.8) is 0 Å². The van der Waals surface area contributed by atoms with Crippen molar-refractivity contribution in [3.8, 4) is 0 Å². The van der Waals surface area contributed by atoms with Crippen LogP contribution >= 0.6 is 0 Å². The van der Waals surface area contributed by atoms with Crippen LogP contribution in [-0.4, -0.2) is 6.03 Å². The van der Waals surface area contributed by atoms with Gasteiger partial charge >= 0.3 is 6.03 Å². The predicted octanol–water partition coefficient (Wildman–Crippen LogP) is 3.17. The number of benzene rings is 2. The average molecular weight is 252 g/mol. The van der Waals surface area contributed by atoms with Gasteiger partial charge in [-0.05, 0) is 17.5 Å². The van der Waals surface area contributed by atoms with Gasteiger partial charge in [-0.1, -0.05) is 60.7 Å². The van der Waals surface area contributed by atoms with Gasteiger partial charge in [0.2, 0.25) is 0 Å². The van der Waals surface area contributed by atoms with Gasteiger partial charge in [-0.3, -0.25) is 0 Å². The summed E-state index contributed by atoms with van der Waals surface area (Å²) in [5.74, 6) is 0. The van der Waals surface area contributed by atoms with Crippen molar-refractivity contribution in [1.29, 1.82) is 0 Å². The van der Waals surface area contributed by atoms with Crippen molar-refractivity contribution in [2.75, 3.05) is 0 Å². The van der Waals surface area contributed by atoms with Crippen molar-refractivity contribution < 1.29 is 4.79 Å². The van der Waals surface area contributed by atoms with Gasteiger partial charge in [0.25, 0.3) is 0 Å². The molecule has 0 bridgehead atoms. The lowest BCUT2D eigenvalue weighted by molar-refractivity contribution is 0.219. The Labute approximate surface area is 112 Å². The van der Waals surface area contributed by atoms with E-state index in [4.69, 9.17) is 0 Å². The number of rotatable bonds is 2. The molecule has 3 nitrogen and oxygen atoms in total. The molecule has 2 atom stereocenters. The summed E-state index contributed by atoms with van der Waals surface area (Å²) >= 11 is 0. The van der Waals surface area contributed by atoms with Crippen molar-refractivity contribution in [1.82, 2.24) is 10.6 Å². The Morgan fingerprint density at radius 3 is 1.58 bits per heavy atom. The molecule has 19 heavy (non-hydrogen) atoms. The van der Waals surface area contributed by atoms with Crippen LogP contribution in [0.15, 0.2) is 60.7 Å². The van der Waals surface area contributed by atoms with Crippen LogP contribution in [0.4, 0.5) is 4.79 Å². The second-order valence-corrected chi connectivity index (χ2v) is 4.78. The van der Waals surface area contributed by atoms with Gasteiger partial charge in [-0.25, -0.2) is 4.79 Å². The molecule has 0 aliphatic carbocycles. The highest BCUT2D eigenvalue weighted by Crippen LogP contribution is 2.29. The number of hydrogen-bond acceptors (Lipinski definition) is 1. The smallest absolute Gasteiger partial charge is 0.315 e. The molecule has 2 unspecified atom stereocenters. The van der Waals surface area contributed by atoms with Crippen LogP contribution in [0.2, 0.25) is 0 Å². The van der Waals surface area contributed by atoms with Crippen LogP contribution < -0.4 is 10.6 Å². The first-order valence-electron chi connectivity index (χ1n) is 6.50. The second kappa shape index (κ2) is 5.14. The molecule has 1 aliphatic rings. The molecular formula is C16H16N2O. The summed E-state index contributed by atoms with van der Waals surface area (Å²) in [6.45, 7) is 0. The summed E-state index contributed by atoms with van der Waals surface area (Å²) < 4.78 is 0. The highest BCUT2D eigenvalue weighted by Gasteiger charge is 2.27. The van der Waals surface area contributed by atoms with E-state index < -0.39 is 0 Å². The van der Waals surface area contributed by atoms with Crippen LogP contribution in [0, 0.1) is 0 Å². The Hall–Kier alpha value is -2.29. The molecule has 2 amide bonds. The monoisotopic (exact) mass is 252 g/mol. The van der Waals surface area contributed by atoms with Gasteiger partial charge in [-0.15, -0.1) is 0 Å². The summed E-state index contributed by atoms with van der Waals surface area (Å²) in [4.78, 5) is 11.8. The zero-order chi connectivity index (χ0) is 13.1. The third-order valence-electron chi connectivity index (χ3n) is 3.49. The van der Waals surface area contributed by atoms with Crippen molar-refractivity contribution in [2.24, 2.45) is 0 Å². The van der Waals surface area contributed by atoms with E-state index in [1.54, 1.807) is 0 Å². The molecule has 0 saturated carbocycles. The molecular weight excluding hydrogens is 236 g/mol. The number of amides is 2. The molecule has 1 heterocycles. The molecule has 96 valence electrons. The van der Waals surface area contributed by atoms with Gasteiger partial charge in [0.15, 0.2) is 0 Å². The third kappa shape index (κ3) is 2.60. The van der Waals surface area contributed by atoms with Crippen molar-refractivity contribution in [2.45, 2.75) is 18.5 Å². The Balaban J connectivity index is 1.84. The predicted molar refractivity (Wildman–Crippen MR) is 74.7 cm³/mol. The van der Waals surface area contributed by atoms with Gasteiger partial charge in [0, 0.05) is 0 Å². The van der Waals surface area contributed by atoms with Gasteiger partial charge < -0.3 is 10.6 Å². The molecule has 1 saturated heterocycles. The molecule has 3 rings (SSSR count). The number of hydrogen-bond donors (Lipinski definition) is 2. The molecule has 3 heteroatoms. The molecule has 2 N–H and O–H groups in total. The van der Waals surface area contributed by atoms with E-state index in [2.05, 4.69) is 34.9 Å². The summed E-state index contributed by atoms with van der Waals surface area (Å²) in [6.07, 6.45) is 0.861. The molecule has 0 aromatic heterocycles. The fraction of sp³-hybridized carbons (Fsp3) is 0.188. The van der Waals surface area contributed by atoms with Gasteiger partial charge in [0.05, 0.1) is 12.1 Å². The van der Waals surface area contributed by atoms with Crippen LogP contribution in [0.1, 0.15) is 29.6 Å². The Morgan fingerprint density at radius 2 is 1.16 bits per heavy atom. The zero-order valence-electron chi connectivity index (χ0n) is 10.5. The topological polar surface area (TPSA) is 41.1 Å². The number of carbonyl (C=O) groups excluding carboxylic acids is 1. The molecule has 2 aromatic carbocycles. The van der Waals surface area contributed by atoms with Crippen molar-refractivity contribution >= 4 is 6.03 Å². The van der Waals surface area contributed by atoms with E-state index in [0.29, 0.717) is 0 Å². The molecule has 2 aromatic rings. The summed E-state index contributed by atoms with van der Waals surface area (Å²) in [5, 5.41) is 5.96. The van der Waals surface area contributed by atoms with E-state index in [9.17, 15) is 4.79 Å². The third-order valence-corrected chi connectivity index (χ3v) is 3.49. The van der Waals surface area contributed by atoms with Gasteiger partial charge in [-0.2, -0.15) is 0 Å². The minimum atomic E-state index is -0.103. The molecule has 1 fully saturated rings. The fourth-order valence-electron chi connectivity index (χ4n) is 2.52. The highest BCUT2D eigenvalue weighted by molar-refractivity contribution is 5.76. The van der Waals surface area contributed by atoms with Crippen LogP contribution in [0.3, 0.4) is 0 Å². The minimum Gasteiger partial charge on any atom is -0.331 e. The maximum atomic E-state index is 11.8. The Morgan fingerprint density at radius 1 is 0.737 bits per heavy atom. The Kier molecular flexibility index (Phi) is 3.19. The minimum absolute atomic E-state index is 0.0696. The zero-order valence-corrected chi connectivity index (χ0v) is 10.5. The van der Waals surface area contributed by atoms with E-state index in [-0.39, 0.29) is 18.1 Å². The molecule has 1 aliphatic heterocycles. The molecule has 0 spiro atoms. The maximum Gasteiger partial charge on any atom is 0.315 e. The average Bonchev–Trinajstić information content (AvgIpc) is 2.48. The number of carbonyl (C=O) groups is 1. The highest BCUT2D eigenvalue weighted by atomic mass is 16.2. The van der Waals surface area contributed by atoms with E-state index in [1.807, 2.05) is 36.4 Å². The lowest BCUT2D eigenvalue weighted by Gasteiger charge is -2.31. The SMILES string of the molecule is O=C1NC(c2ccccc2)CC(c2ccccc2)N1. The van der Waals surface area contributed by atoms with E-state index in [1.165, 1.54) is 0 Å². The maximum absolute atomic E-state index is 11.8. The van der Waals surface area contributed by atoms with Crippen molar-refractivity contribution in [3.05, 3.63) is 71.8 Å². The van der Waals surface area contributed by atoms with Gasteiger partial charge in [0.1, 0.15) is 0 Å². The quantitative estimate of drug-likeness (QED) is 0.846. The first-order chi connectivity index (χ1) is 9.33. The van der Waals surface area contributed by atoms with E-state index in [0.717, 1.165) is 17.5 Å². The summed E-state index contributed by atoms with van der Waals surface area (Å²) in [7, 11) is 0. The number of nitrogens with one attached hydrogen (secondary N) is 2. The van der Waals surface area contributed by atoms with Crippen LogP contribution in [0.25, 0.3) is 0 Å². The lowest BCUT2D eigenvalue weighted by atomic mass is 9.93.